The summed E-state index contributed by atoms with van der Waals surface area (Å²) in [5.41, 5.74) is 1.03. The maximum atomic E-state index is 4.38. The molecule has 0 spiro atoms. The van der Waals surface area contributed by atoms with Crippen LogP contribution >= 0.6 is 0 Å². The van der Waals surface area contributed by atoms with Crippen LogP contribution in [0.5, 0.6) is 0 Å². The van der Waals surface area contributed by atoms with Crippen LogP contribution in [0, 0.1) is 6.07 Å². The van der Waals surface area contributed by atoms with E-state index in [0.717, 1.165) is 10.9 Å². The second-order valence-electron chi connectivity index (χ2n) is 3.28. The Balaban J connectivity index is 0.000000853. The standard InChI is InChI=1S/C13H8N.Ru/c1-2-6-12-10(4-1)7-8-11-5-3-9-14-13(11)12;/h1-5,7-9H;/q-1;+1. The summed E-state index contributed by atoms with van der Waals surface area (Å²) in [5, 5.41) is 3.46. The SMILES string of the molecule is [Ru+].[c-]1cccc2ccc3cccnc3c12. The van der Waals surface area contributed by atoms with Crippen LogP contribution in [0.1, 0.15) is 0 Å². The zero-order valence-corrected chi connectivity index (χ0v) is 9.66. The quantitative estimate of drug-likeness (QED) is 0.350. The Morgan fingerprint density at radius 2 is 1.73 bits per heavy atom. The minimum atomic E-state index is 0. The van der Waals surface area contributed by atoms with Crippen molar-refractivity contribution in [1.82, 2.24) is 4.98 Å². The number of nitrogens with zero attached hydrogens (tertiary/aromatic N) is 1. The first-order chi connectivity index (χ1) is 6.95. The first-order valence-electron chi connectivity index (χ1n) is 4.59. The second-order valence-corrected chi connectivity index (χ2v) is 3.28. The van der Waals surface area contributed by atoms with Crippen molar-refractivity contribution in [3.05, 3.63) is 54.7 Å². The van der Waals surface area contributed by atoms with Crippen molar-refractivity contribution in [3.63, 3.8) is 0 Å². The molecule has 0 saturated carbocycles. The van der Waals surface area contributed by atoms with Gasteiger partial charge in [0.25, 0.3) is 0 Å². The van der Waals surface area contributed by atoms with Crippen molar-refractivity contribution in [1.29, 1.82) is 0 Å². The van der Waals surface area contributed by atoms with Gasteiger partial charge in [-0.2, -0.15) is 0 Å². The summed E-state index contributed by atoms with van der Waals surface area (Å²) in [6.45, 7) is 0. The molecule has 0 aliphatic heterocycles. The van der Waals surface area contributed by atoms with E-state index >= 15 is 0 Å². The fraction of sp³-hybridized carbons (Fsp3) is 0. The Morgan fingerprint density at radius 3 is 2.67 bits per heavy atom. The maximum absolute atomic E-state index is 4.38. The van der Waals surface area contributed by atoms with Crippen LogP contribution < -0.4 is 0 Å². The van der Waals surface area contributed by atoms with Crippen molar-refractivity contribution in [2.75, 3.05) is 0 Å². The second kappa shape index (κ2) is 4.08. The molecular formula is C13H8NRu. The molecule has 1 heterocycles. The van der Waals surface area contributed by atoms with Crippen LogP contribution in [0.15, 0.2) is 48.7 Å². The Morgan fingerprint density at radius 1 is 0.933 bits per heavy atom. The first-order valence-corrected chi connectivity index (χ1v) is 4.59. The van der Waals surface area contributed by atoms with E-state index in [1.807, 2.05) is 24.4 Å². The molecule has 0 saturated heterocycles. The number of fused-ring (bicyclic) bond motifs is 3. The summed E-state index contributed by atoms with van der Waals surface area (Å²) in [5.74, 6) is 0. The topological polar surface area (TPSA) is 12.9 Å². The molecule has 0 bridgehead atoms. The van der Waals surface area contributed by atoms with Gasteiger partial charge in [-0.3, -0.25) is 0 Å². The van der Waals surface area contributed by atoms with Gasteiger partial charge in [-0.25, -0.2) is 0 Å². The fourth-order valence-corrected chi connectivity index (χ4v) is 1.73. The summed E-state index contributed by atoms with van der Waals surface area (Å²) in [6.07, 6.45) is 1.82. The molecule has 0 N–H and O–H groups in total. The first kappa shape index (κ1) is 10.3. The summed E-state index contributed by atoms with van der Waals surface area (Å²) in [6, 6.07) is 17.5. The van der Waals surface area contributed by atoms with E-state index in [1.54, 1.807) is 0 Å². The third-order valence-electron chi connectivity index (χ3n) is 2.41. The molecule has 0 fully saturated rings. The Labute approximate surface area is 101 Å². The van der Waals surface area contributed by atoms with Crippen molar-refractivity contribution in [2.45, 2.75) is 0 Å². The van der Waals surface area contributed by atoms with Crippen LogP contribution in [-0.2, 0) is 19.5 Å². The van der Waals surface area contributed by atoms with Gasteiger partial charge in [0.1, 0.15) is 0 Å². The van der Waals surface area contributed by atoms with E-state index in [2.05, 4.69) is 35.3 Å². The predicted molar refractivity (Wildman–Crippen MR) is 58.1 cm³/mol. The van der Waals surface area contributed by atoms with Gasteiger partial charge in [0.05, 0.1) is 0 Å². The molecule has 0 unspecified atom stereocenters. The van der Waals surface area contributed by atoms with Crippen LogP contribution in [0.4, 0.5) is 0 Å². The Hall–Kier alpha value is -1.27. The average molecular weight is 279 g/mol. The summed E-state index contributed by atoms with van der Waals surface area (Å²) in [7, 11) is 0. The molecule has 73 valence electrons. The molecule has 3 rings (SSSR count). The van der Waals surface area contributed by atoms with Gasteiger partial charge in [0, 0.05) is 6.20 Å². The van der Waals surface area contributed by atoms with Crippen molar-refractivity contribution in [2.24, 2.45) is 0 Å². The van der Waals surface area contributed by atoms with Crippen LogP contribution in [-0.4, -0.2) is 4.98 Å². The Kier molecular flexibility index (Phi) is 2.79. The molecule has 1 radical (unpaired) electrons. The van der Waals surface area contributed by atoms with Gasteiger partial charge in [0.15, 0.2) is 0 Å². The smallest absolute Gasteiger partial charge is 0.304 e. The van der Waals surface area contributed by atoms with E-state index in [4.69, 9.17) is 0 Å². The number of rotatable bonds is 0. The number of hydrogen-bond donors (Lipinski definition) is 0. The molecule has 2 heteroatoms. The number of benzene rings is 2. The molecule has 0 amide bonds. The van der Waals surface area contributed by atoms with Gasteiger partial charge in [-0.15, -0.1) is 35.0 Å². The minimum Gasteiger partial charge on any atom is -0.304 e. The van der Waals surface area contributed by atoms with Gasteiger partial charge in [-0.05, 0) is 17.0 Å². The molecule has 1 nitrogen and oxygen atoms in total. The summed E-state index contributed by atoms with van der Waals surface area (Å²) in [4.78, 5) is 4.38. The van der Waals surface area contributed by atoms with Gasteiger partial charge < -0.3 is 4.98 Å². The number of pyridine rings is 1. The summed E-state index contributed by atoms with van der Waals surface area (Å²) >= 11 is 0. The van der Waals surface area contributed by atoms with Gasteiger partial charge >= 0.3 is 19.5 Å². The zero-order valence-electron chi connectivity index (χ0n) is 7.92. The van der Waals surface area contributed by atoms with Crippen LogP contribution in [0.2, 0.25) is 0 Å². The zero-order chi connectivity index (χ0) is 9.38. The molecule has 3 aromatic rings. The van der Waals surface area contributed by atoms with Gasteiger partial charge in [0.2, 0.25) is 0 Å². The monoisotopic (exact) mass is 280 g/mol. The van der Waals surface area contributed by atoms with E-state index in [-0.39, 0.29) is 19.5 Å². The van der Waals surface area contributed by atoms with Crippen molar-refractivity contribution >= 4 is 21.7 Å². The number of hydrogen-bond acceptors (Lipinski definition) is 1. The number of aromatic nitrogens is 1. The largest absolute Gasteiger partial charge is 1.00 e. The normalized spacial score (nSPS) is 10.1. The molecule has 15 heavy (non-hydrogen) atoms. The summed E-state index contributed by atoms with van der Waals surface area (Å²) < 4.78 is 0. The van der Waals surface area contributed by atoms with Crippen LogP contribution in [0.25, 0.3) is 21.7 Å². The molecule has 0 aliphatic carbocycles. The third kappa shape index (κ3) is 1.66. The third-order valence-corrected chi connectivity index (χ3v) is 2.41. The van der Waals surface area contributed by atoms with Crippen LogP contribution in [0.3, 0.4) is 0 Å². The molecular weight excluding hydrogens is 271 g/mol. The van der Waals surface area contributed by atoms with E-state index < -0.39 is 0 Å². The van der Waals surface area contributed by atoms with Crippen molar-refractivity contribution < 1.29 is 19.5 Å². The molecule has 2 aromatic carbocycles. The van der Waals surface area contributed by atoms with E-state index in [9.17, 15) is 0 Å². The molecule has 1 aromatic heterocycles. The molecule has 0 atom stereocenters. The predicted octanol–water partition coefficient (Wildman–Crippen LogP) is 3.19. The van der Waals surface area contributed by atoms with Gasteiger partial charge in [-0.1, -0.05) is 18.2 Å². The maximum Gasteiger partial charge on any atom is 1.00 e. The van der Waals surface area contributed by atoms with E-state index in [1.165, 1.54) is 10.8 Å². The fourth-order valence-electron chi connectivity index (χ4n) is 1.73. The van der Waals surface area contributed by atoms with Crippen molar-refractivity contribution in [3.8, 4) is 0 Å². The molecule has 0 aliphatic rings. The minimum absolute atomic E-state index is 0. The Bertz CT molecular complexity index is 550. The average Bonchev–Trinajstić information content (AvgIpc) is 2.29. The van der Waals surface area contributed by atoms with E-state index in [0.29, 0.717) is 0 Å².